The number of aromatic nitrogens is 1. The summed E-state index contributed by atoms with van der Waals surface area (Å²) in [6, 6.07) is 4.02. The lowest BCUT2D eigenvalue weighted by atomic mass is 10.2. The minimum Gasteiger partial charge on any atom is -0.378 e. The molecule has 110 valence electrons. The van der Waals surface area contributed by atoms with Crippen molar-refractivity contribution in [2.75, 3.05) is 37.5 Å². The van der Waals surface area contributed by atoms with Crippen molar-refractivity contribution in [2.45, 2.75) is 18.7 Å². The van der Waals surface area contributed by atoms with E-state index in [1.165, 1.54) is 0 Å². The van der Waals surface area contributed by atoms with Crippen molar-refractivity contribution in [3.8, 4) is 0 Å². The number of ether oxygens (including phenoxy) is 1. The van der Waals surface area contributed by atoms with Gasteiger partial charge in [0.15, 0.2) is 0 Å². The first-order valence-corrected chi connectivity index (χ1v) is 8.07. The van der Waals surface area contributed by atoms with Crippen molar-refractivity contribution < 1.29 is 9.53 Å². The van der Waals surface area contributed by atoms with Crippen LogP contribution in [-0.2, 0) is 16.1 Å². The second-order valence-corrected chi connectivity index (χ2v) is 5.90. The summed E-state index contributed by atoms with van der Waals surface area (Å²) in [4.78, 5) is 18.4. The first kappa shape index (κ1) is 15.1. The summed E-state index contributed by atoms with van der Waals surface area (Å²) in [5.74, 6) is 1.04. The summed E-state index contributed by atoms with van der Waals surface area (Å²) >= 11 is 1.54. The first-order valence-electron chi connectivity index (χ1n) is 6.79. The Morgan fingerprint density at radius 3 is 2.85 bits per heavy atom. The fourth-order valence-corrected chi connectivity index (χ4v) is 2.24. The summed E-state index contributed by atoms with van der Waals surface area (Å²) in [5, 5.41) is 2.90. The molecule has 6 heteroatoms. The van der Waals surface area contributed by atoms with Crippen molar-refractivity contribution in [3.63, 3.8) is 0 Å². The number of pyridine rings is 1. The molecule has 1 unspecified atom stereocenters. The standard InChI is InChI=1S/C14H21N3O2S/c1-11(20-2)14(18)16-10-12-3-4-13(15-9-12)17-5-7-19-8-6-17/h3-4,9,11H,5-8,10H2,1-2H3,(H,16,18). The fourth-order valence-electron chi connectivity index (χ4n) is 1.94. The Labute approximate surface area is 124 Å². The molecule has 0 radical (unpaired) electrons. The quantitative estimate of drug-likeness (QED) is 0.887. The topological polar surface area (TPSA) is 54.5 Å². The zero-order chi connectivity index (χ0) is 14.4. The monoisotopic (exact) mass is 295 g/mol. The Kier molecular flexibility index (Phi) is 5.67. The Hall–Kier alpha value is -1.27. The largest absolute Gasteiger partial charge is 0.378 e. The van der Waals surface area contributed by atoms with Crippen molar-refractivity contribution in [1.82, 2.24) is 10.3 Å². The summed E-state index contributed by atoms with van der Waals surface area (Å²) in [6.07, 6.45) is 3.76. The lowest BCUT2D eigenvalue weighted by Gasteiger charge is -2.27. The molecule has 1 fully saturated rings. The van der Waals surface area contributed by atoms with Crippen molar-refractivity contribution in [2.24, 2.45) is 0 Å². The van der Waals surface area contributed by atoms with Gasteiger partial charge in [0, 0.05) is 25.8 Å². The lowest BCUT2D eigenvalue weighted by molar-refractivity contribution is -0.120. The van der Waals surface area contributed by atoms with E-state index in [-0.39, 0.29) is 11.2 Å². The van der Waals surface area contributed by atoms with Gasteiger partial charge in [-0.1, -0.05) is 6.07 Å². The summed E-state index contributed by atoms with van der Waals surface area (Å²) in [7, 11) is 0. The van der Waals surface area contributed by atoms with E-state index in [4.69, 9.17) is 4.74 Å². The SMILES string of the molecule is CSC(C)C(=O)NCc1ccc(N2CCOCC2)nc1. The van der Waals surface area contributed by atoms with Crippen LogP contribution in [0.2, 0.25) is 0 Å². The van der Waals surface area contributed by atoms with E-state index in [0.29, 0.717) is 6.54 Å². The normalized spacial score (nSPS) is 16.8. The number of anilines is 1. The molecule has 1 aliphatic heterocycles. The Morgan fingerprint density at radius 2 is 2.25 bits per heavy atom. The fraction of sp³-hybridized carbons (Fsp3) is 0.571. The molecule has 0 aromatic carbocycles. The Bertz CT molecular complexity index is 433. The average molecular weight is 295 g/mol. The molecule has 0 saturated carbocycles. The zero-order valence-electron chi connectivity index (χ0n) is 12.0. The Balaban J connectivity index is 1.86. The van der Waals surface area contributed by atoms with E-state index in [9.17, 15) is 4.79 Å². The van der Waals surface area contributed by atoms with Gasteiger partial charge in [0.2, 0.25) is 5.91 Å². The number of thioether (sulfide) groups is 1. The molecule has 1 aromatic rings. The van der Waals surface area contributed by atoms with Gasteiger partial charge in [0.25, 0.3) is 0 Å². The number of carbonyl (C=O) groups is 1. The third kappa shape index (κ3) is 4.11. The van der Waals surface area contributed by atoms with Crippen LogP contribution < -0.4 is 10.2 Å². The second kappa shape index (κ2) is 7.50. The molecule has 1 atom stereocenters. The highest BCUT2D eigenvalue weighted by Gasteiger charge is 2.13. The third-order valence-corrected chi connectivity index (χ3v) is 4.25. The molecule has 20 heavy (non-hydrogen) atoms. The molecule has 0 bridgehead atoms. The number of hydrogen-bond acceptors (Lipinski definition) is 5. The molecular formula is C14H21N3O2S. The molecule has 1 saturated heterocycles. The minimum atomic E-state index is -0.0180. The molecule has 1 aromatic heterocycles. The highest BCUT2D eigenvalue weighted by molar-refractivity contribution is 7.99. The number of morpholine rings is 1. The molecule has 1 amide bonds. The predicted molar refractivity (Wildman–Crippen MR) is 82.1 cm³/mol. The first-order chi connectivity index (χ1) is 9.70. The van der Waals surface area contributed by atoms with Gasteiger partial charge in [-0.15, -0.1) is 0 Å². The van der Waals surface area contributed by atoms with Gasteiger partial charge in [-0.05, 0) is 24.8 Å². The minimum absolute atomic E-state index is 0.0180. The van der Waals surface area contributed by atoms with Gasteiger partial charge >= 0.3 is 0 Å². The maximum absolute atomic E-state index is 11.7. The van der Waals surface area contributed by atoms with Gasteiger partial charge in [-0.3, -0.25) is 4.79 Å². The number of hydrogen-bond donors (Lipinski definition) is 1. The number of carbonyl (C=O) groups excluding carboxylic acids is 1. The van der Waals surface area contributed by atoms with E-state index < -0.39 is 0 Å². The predicted octanol–water partition coefficient (Wildman–Crippen LogP) is 1.29. The zero-order valence-corrected chi connectivity index (χ0v) is 12.8. The molecule has 5 nitrogen and oxygen atoms in total. The van der Waals surface area contributed by atoms with Crippen LogP contribution in [0.4, 0.5) is 5.82 Å². The van der Waals surface area contributed by atoms with E-state index in [1.807, 2.05) is 31.5 Å². The summed E-state index contributed by atoms with van der Waals surface area (Å²) < 4.78 is 5.32. The highest BCUT2D eigenvalue weighted by atomic mass is 32.2. The van der Waals surface area contributed by atoms with Gasteiger partial charge in [-0.2, -0.15) is 11.8 Å². The van der Waals surface area contributed by atoms with Crippen LogP contribution >= 0.6 is 11.8 Å². The van der Waals surface area contributed by atoms with Crippen LogP contribution in [0, 0.1) is 0 Å². The van der Waals surface area contributed by atoms with Gasteiger partial charge < -0.3 is 15.0 Å². The molecule has 2 heterocycles. The molecule has 0 spiro atoms. The maximum atomic E-state index is 11.7. The highest BCUT2D eigenvalue weighted by Crippen LogP contribution is 2.13. The van der Waals surface area contributed by atoms with Crippen LogP contribution in [0.5, 0.6) is 0 Å². The Morgan fingerprint density at radius 1 is 1.50 bits per heavy atom. The van der Waals surface area contributed by atoms with E-state index in [0.717, 1.165) is 37.7 Å². The number of rotatable bonds is 5. The van der Waals surface area contributed by atoms with Crippen LogP contribution in [0.3, 0.4) is 0 Å². The molecule has 0 aliphatic carbocycles. The van der Waals surface area contributed by atoms with Gasteiger partial charge in [0.1, 0.15) is 5.82 Å². The van der Waals surface area contributed by atoms with E-state index in [1.54, 1.807) is 11.8 Å². The number of nitrogens with one attached hydrogen (secondary N) is 1. The summed E-state index contributed by atoms with van der Waals surface area (Å²) in [6.45, 7) is 5.71. The van der Waals surface area contributed by atoms with Gasteiger partial charge in [0.05, 0.1) is 18.5 Å². The molecule has 1 N–H and O–H groups in total. The van der Waals surface area contributed by atoms with Gasteiger partial charge in [-0.25, -0.2) is 4.98 Å². The van der Waals surface area contributed by atoms with Crippen molar-refractivity contribution in [3.05, 3.63) is 23.9 Å². The number of nitrogens with zero attached hydrogens (tertiary/aromatic N) is 2. The van der Waals surface area contributed by atoms with E-state index >= 15 is 0 Å². The molecular weight excluding hydrogens is 274 g/mol. The number of amides is 1. The van der Waals surface area contributed by atoms with Crippen LogP contribution in [0.1, 0.15) is 12.5 Å². The van der Waals surface area contributed by atoms with Crippen molar-refractivity contribution >= 4 is 23.5 Å². The smallest absolute Gasteiger partial charge is 0.233 e. The van der Waals surface area contributed by atoms with Crippen LogP contribution in [0.25, 0.3) is 0 Å². The molecule has 1 aliphatic rings. The second-order valence-electron chi connectivity index (χ2n) is 4.72. The third-order valence-electron chi connectivity index (χ3n) is 3.33. The van der Waals surface area contributed by atoms with Crippen LogP contribution in [-0.4, -0.2) is 48.7 Å². The van der Waals surface area contributed by atoms with Crippen molar-refractivity contribution in [1.29, 1.82) is 0 Å². The van der Waals surface area contributed by atoms with Crippen LogP contribution in [0.15, 0.2) is 18.3 Å². The maximum Gasteiger partial charge on any atom is 0.233 e. The average Bonchev–Trinajstić information content (AvgIpc) is 2.53. The molecule has 2 rings (SSSR count). The summed E-state index contributed by atoms with van der Waals surface area (Å²) in [5.41, 5.74) is 1.02. The lowest BCUT2D eigenvalue weighted by Crippen LogP contribution is -2.36. The van der Waals surface area contributed by atoms with E-state index in [2.05, 4.69) is 15.2 Å².